The Morgan fingerprint density at radius 3 is 2.62 bits per heavy atom. The number of pyridine rings is 1. The number of nitrogens with zero attached hydrogens (tertiary/aromatic N) is 2. The van der Waals surface area contributed by atoms with E-state index in [0.717, 1.165) is 23.2 Å². The van der Waals surface area contributed by atoms with Gasteiger partial charge in [-0.15, -0.1) is 0 Å². The van der Waals surface area contributed by atoms with Gasteiger partial charge in [-0.1, -0.05) is 18.2 Å². The van der Waals surface area contributed by atoms with Crippen LogP contribution in [0.4, 0.5) is 10.2 Å². The van der Waals surface area contributed by atoms with Crippen LogP contribution in [0.15, 0.2) is 58.9 Å². The molecule has 1 amide bonds. The Labute approximate surface area is 168 Å². The van der Waals surface area contributed by atoms with Crippen LogP contribution in [0, 0.1) is 18.7 Å². The quantitative estimate of drug-likeness (QED) is 0.846. The van der Waals surface area contributed by atoms with Crippen molar-refractivity contribution in [2.75, 3.05) is 5.32 Å². The number of allylic oxidation sites excluding steroid dienone is 2. The number of anilines is 1. The fourth-order valence-electron chi connectivity index (χ4n) is 4.19. The normalized spacial score (nSPS) is 21.5. The zero-order chi connectivity index (χ0) is 20.5. The molecule has 5 nitrogen and oxygen atoms in total. The van der Waals surface area contributed by atoms with Crippen molar-refractivity contribution in [1.82, 2.24) is 4.98 Å². The standard InChI is InChI=1S/C23H22FN3O2/c1-13-5-4-12-25-22(13)27-23(29)19-14(2)26-17-6-3-7-18(28)21(17)20(19)15-8-10-16(24)11-9-15/h4-5,8-12,19-20H,3,6-7H2,1-2H3,(H,25,27,29)/t19?,20-/m0/s1. The number of rotatable bonds is 3. The molecule has 2 heterocycles. The molecule has 1 aromatic heterocycles. The molecular weight excluding hydrogens is 369 g/mol. The molecule has 0 fully saturated rings. The van der Waals surface area contributed by atoms with Gasteiger partial charge in [0.05, 0.1) is 5.92 Å². The largest absolute Gasteiger partial charge is 0.310 e. The summed E-state index contributed by atoms with van der Waals surface area (Å²) >= 11 is 0. The SMILES string of the molecule is CC1=NC2=C(C(=O)CCC2)[C@@H](c2ccc(F)cc2)C1C(=O)Nc1ncccc1C. The lowest BCUT2D eigenvalue weighted by Gasteiger charge is -2.35. The second-order valence-electron chi connectivity index (χ2n) is 7.56. The summed E-state index contributed by atoms with van der Waals surface area (Å²) in [6.07, 6.45) is 3.53. The highest BCUT2D eigenvalue weighted by atomic mass is 19.1. The number of carbonyl (C=O) groups is 2. The van der Waals surface area contributed by atoms with Crippen molar-refractivity contribution in [2.24, 2.45) is 10.9 Å². The smallest absolute Gasteiger partial charge is 0.235 e. The molecule has 2 aliphatic rings. The van der Waals surface area contributed by atoms with E-state index in [0.29, 0.717) is 29.9 Å². The summed E-state index contributed by atoms with van der Waals surface area (Å²) in [6, 6.07) is 9.70. The highest BCUT2D eigenvalue weighted by Gasteiger charge is 2.42. The first-order valence-corrected chi connectivity index (χ1v) is 9.75. The van der Waals surface area contributed by atoms with Crippen LogP contribution >= 0.6 is 0 Å². The van der Waals surface area contributed by atoms with Gasteiger partial charge in [0.25, 0.3) is 0 Å². The molecule has 4 rings (SSSR count). The molecule has 1 aromatic carbocycles. The number of aromatic nitrogens is 1. The van der Waals surface area contributed by atoms with Crippen molar-refractivity contribution in [3.8, 4) is 0 Å². The Kier molecular flexibility index (Phi) is 5.09. The van der Waals surface area contributed by atoms with Gasteiger partial charge < -0.3 is 5.32 Å². The number of hydrogen-bond donors (Lipinski definition) is 1. The summed E-state index contributed by atoms with van der Waals surface area (Å²) in [7, 11) is 0. The maximum absolute atomic E-state index is 13.5. The maximum atomic E-state index is 13.5. The van der Waals surface area contributed by atoms with Crippen LogP contribution in [0.3, 0.4) is 0 Å². The molecule has 1 aliphatic heterocycles. The zero-order valence-electron chi connectivity index (χ0n) is 16.4. The molecule has 0 bridgehead atoms. The van der Waals surface area contributed by atoms with Gasteiger partial charge in [-0.25, -0.2) is 9.37 Å². The van der Waals surface area contributed by atoms with Gasteiger partial charge in [-0.2, -0.15) is 0 Å². The zero-order valence-corrected chi connectivity index (χ0v) is 16.4. The molecule has 1 N–H and O–H groups in total. The molecule has 0 radical (unpaired) electrons. The predicted molar refractivity (Wildman–Crippen MR) is 109 cm³/mol. The fourth-order valence-corrected chi connectivity index (χ4v) is 4.19. The molecule has 0 saturated heterocycles. The van der Waals surface area contributed by atoms with E-state index in [9.17, 15) is 14.0 Å². The monoisotopic (exact) mass is 391 g/mol. The fraction of sp³-hybridized carbons (Fsp3) is 0.304. The van der Waals surface area contributed by atoms with Gasteiger partial charge in [-0.3, -0.25) is 14.6 Å². The van der Waals surface area contributed by atoms with E-state index in [1.54, 1.807) is 24.4 Å². The first-order chi connectivity index (χ1) is 14.0. The second kappa shape index (κ2) is 7.70. The summed E-state index contributed by atoms with van der Waals surface area (Å²) in [5.74, 6) is -1.28. The lowest BCUT2D eigenvalue weighted by molar-refractivity contribution is -0.119. The lowest BCUT2D eigenvalue weighted by atomic mass is 9.71. The van der Waals surface area contributed by atoms with Gasteiger partial charge >= 0.3 is 0 Å². The van der Waals surface area contributed by atoms with Crippen molar-refractivity contribution in [3.63, 3.8) is 0 Å². The highest BCUT2D eigenvalue weighted by Crippen LogP contribution is 2.43. The Hall–Kier alpha value is -3.15. The van der Waals surface area contributed by atoms with Crippen LogP contribution in [-0.2, 0) is 9.59 Å². The van der Waals surface area contributed by atoms with E-state index in [1.165, 1.54) is 12.1 Å². The van der Waals surface area contributed by atoms with Gasteiger partial charge in [0.15, 0.2) is 5.78 Å². The molecule has 148 valence electrons. The first-order valence-electron chi connectivity index (χ1n) is 9.75. The minimum atomic E-state index is -0.664. The summed E-state index contributed by atoms with van der Waals surface area (Å²) in [4.78, 5) is 35.0. The number of nitrogens with one attached hydrogen (secondary N) is 1. The van der Waals surface area contributed by atoms with Crippen LogP contribution < -0.4 is 5.32 Å². The Morgan fingerprint density at radius 2 is 1.90 bits per heavy atom. The molecule has 2 aromatic rings. The molecule has 6 heteroatoms. The predicted octanol–water partition coefficient (Wildman–Crippen LogP) is 4.35. The molecule has 0 spiro atoms. The number of amides is 1. The van der Waals surface area contributed by atoms with Crippen molar-refractivity contribution in [3.05, 3.63) is 70.8 Å². The summed E-state index contributed by atoms with van der Waals surface area (Å²) in [6.45, 7) is 3.68. The van der Waals surface area contributed by atoms with Crippen LogP contribution in [0.1, 0.15) is 43.2 Å². The average Bonchev–Trinajstić information content (AvgIpc) is 2.69. The van der Waals surface area contributed by atoms with E-state index in [4.69, 9.17) is 0 Å². The average molecular weight is 391 g/mol. The summed E-state index contributed by atoms with van der Waals surface area (Å²) in [5.41, 5.74) is 3.58. The Bertz CT molecular complexity index is 1040. The first kappa shape index (κ1) is 19.2. The molecule has 0 saturated carbocycles. The van der Waals surface area contributed by atoms with E-state index < -0.39 is 11.8 Å². The molecule has 2 atom stereocenters. The van der Waals surface area contributed by atoms with Crippen LogP contribution in [0.2, 0.25) is 0 Å². The number of aliphatic imine (C=N–C) groups is 1. The van der Waals surface area contributed by atoms with Crippen molar-refractivity contribution in [1.29, 1.82) is 0 Å². The molecule has 1 unspecified atom stereocenters. The number of ketones is 1. The van der Waals surface area contributed by atoms with Crippen molar-refractivity contribution in [2.45, 2.75) is 39.0 Å². The van der Waals surface area contributed by atoms with Gasteiger partial charge in [-0.05, 0) is 56.0 Å². The third-order valence-electron chi connectivity index (χ3n) is 5.60. The number of Topliss-reactive ketones (excluding diaryl/α,β-unsaturated/α-hetero) is 1. The number of benzene rings is 1. The van der Waals surface area contributed by atoms with Crippen LogP contribution in [0.5, 0.6) is 0 Å². The Morgan fingerprint density at radius 1 is 1.14 bits per heavy atom. The van der Waals surface area contributed by atoms with Crippen LogP contribution in [-0.4, -0.2) is 22.4 Å². The second-order valence-corrected chi connectivity index (χ2v) is 7.56. The van der Waals surface area contributed by atoms with E-state index >= 15 is 0 Å². The third-order valence-corrected chi connectivity index (χ3v) is 5.60. The molecular formula is C23H22FN3O2. The lowest BCUT2D eigenvalue weighted by Crippen LogP contribution is -2.39. The van der Waals surface area contributed by atoms with Gasteiger partial charge in [0.2, 0.25) is 5.91 Å². The third kappa shape index (κ3) is 3.62. The molecule has 1 aliphatic carbocycles. The molecule has 29 heavy (non-hydrogen) atoms. The number of halogens is 1. The summed E-state index contributed by atoms with van der Waals surface area (Å²) in [5, 5.41) is 2.89. The van der Waals surface area contributed by atoms with Crippen molar-refractivity contribution < 1.29 is 14.0 Å². The minimum absolute atomic E-state index is 0.0173. The number of carbonyl (C=O) groups excluding carboxylic acids is 2. The number of hydrogen-bond acceptors (Lipinski definition) is 4. The minimum Gasteiger partial charge on any atom is -0.310 e. The van der Waals surface area contributed by atoms with E-state index in [2.05, 4.69) is 15.3 Å². The summed E-state index contributed by atoms with van der Waals surface area (Å²) < 4.78 is 13.5. The van der Waals surface area contributed by atoms with Gasteiger partial charge in [0.1, 0.15) is 11.6 Å². The topological polar surface area (TPSA) is 71.4 Å². The number of aryl methyl sites for hydroxylation is 1. The van der Waals surface area contributed by atoms with Gasteiger partial charge in [0, 0.05) is 35.5 Å². The van der Waals surface area contributed by atoms with Crippen LogP contribution in [0.25, 0.3) is 0 Å². The van der Waals surface area contributed by atoms with Crippen molar-refractivity contribution >= 4 is 23.2 Å². The van der Waals surface area contributed by atoms with E-state index in [1.807, 2.05) is 19.9 Å². The highest BCUT2D eigenvalue weighted by molar-refractivity contribution is 6.13. The van der Waals surface area contributed by atoms with E-state index in [-0.39, 0.29) is 17.5 Å². The Balaban J connectivity index is 1.78. The maximum Gasteiger partial charge on any atom is 0.235 e.